The normalized spacial score (nSPS) is 13.8. The Labute approximate surface area is 161 Å². The van der Waals surface area contributed by atoms with E-state index in [4.69, 9.17) is 0 Å². The first-order valence-corrected chi connectivity index (χ1v) is 10.9. The minimum atomic E-state index is -3.53. The summed E-state index contributed by atoms with van der Waals surface area (Å²) < 4.78 is 27.2. The van der Waals surface area contributed by atoms with Gasteiger partial charge in [-0.2, -0.15) is 4.31 Å². The van der Waals surface area contributed by atoms with Crippen LogP contribution in [0.25, 0.3) is 0 Å². The van der Waals surface area contributed by atoms with Crippen molar-refractivity contribution in [1.29, 1.82) is 0 Å². The second-order valence-electron chi connectivity index (χ2n) is 6.76. The molecule has 0 fully saturated rings. The van der Waals surface area contributed by atoms with E-state index in [0.717, 1.165) is 24.9 Å². The quantitative estimate of drug-likeness (QED) is 0.729. The van der Waals surface area contributed by atoms with Gasteiger partial charge in [-0.25, -0.2) is 8.42 Å². The Kier molecular flexibility index (Phi) is 5.97. The van der Waals surface area contributed by atoms with Crippen LogP contribution in [0.2, 0.25) is 0 Å². The molecule has 1 aliphatic heterocycles. The number of hydrogen-bond acceptors (Lipinski definition) is 3. The third-order valence-corrected chi connectivity index (χ3v) is 6.73. The van der Waals surface area contributed by atoms with Gasteiger partial charge in [-0.3, -0.25) is 4.79 Å². The zero-order chi connectivity index (χ0) is 19.4. The lowest BCUT2D eigenvalue weighted by molar-refractivity contribution is 0.0989. The number of nitrogens with zero attached hydrogens (tertiary/aromatic N) is 2. The first kappa shape index (κ1) is 19.6. The highest BCUT2D eigenvalue weighted by molar-refractivity contribution is 7.89. The molecule has 1 heterocycles. The van der Waals surface area contributed by atoms with Crippen LogP contribution in [0.1, 0.15) is 42.6 Å². The molecule has 1 aliphatic rings. The van der Waals surface area contributed by atoms with Gasteiger partial charge in [-0.1, -0.05) is 32.0 Å². The number of para-hydroxylation sites is 1. The van der Waals surface area contributed by atoms with E-state index in [1.165, 1.54) is 9.87 Å². The molecule has 0 radical (unpaired) electrons. The van der Waals surface area contributed by atoms with Crippen LogP contribution in [0, 0.1) is 0 Å². The van der Waals surface area contributed by atoms with Gasteiger partial charge in [0, 0.05) is 30.9 Å². The van der Waals surface area contributed by atoms with Crippen molar-refractivity contribution in [3.8, 4) is 0 Å². The average Bonchev–Trinajstić information content (AvgIpc) is 3.11. The SMILES string of the molecule is CCCN(CCC)S(=O)(=O)c1ccc(C(=O)N2CCc3ccccc32)cc1. The molecule has 0 saturated heterocycles. The van der Waals surface area contributed by atoms with Gasteiger partial charge in [0.2, 0.25) is 10.0 Å². The van der Waals surface area contributed by atoms with Crippen molar-refractivity contribution >= 4 is 21.6 Å². The molecular formula is C21H26N2O3S. The van der Waals surface area contributed by atoms with Crippen LogP contribution in [-0.4, -0.2) is 38.3 Å². The van der Waals surface area contributed by atoms with Crippen LogP contribution >= 0.6 is 0 Å². The van der Waals surface area contributed by atoms with Crippen molar-refractivity contribution < 1.29 is 13.2 Å². The maximum Gasteiger partial charge on any atom is 0.258 e. The summed E-state index contributed by atoms with van der Waals surface area (Å²) in [4.78, 5) is 14.9. The van der Waals surface area contributed by atoms with E-state index in [1.54, 1.807) is 29.2 Å². The van der Waals surface area contributed by atoms with Crippen LogP contribution < -0.4 is 4.90 Å². The third kappa shape index (κ3) is 3.92. The summed E-state index contributed by atoms with van der Waals surface area (Å²) in [5.41, 5.74) is 2.61. The Hall–Kier alpha value is -2.18. The monoisotopic (exact) mass is 386 g/mol. The second-order valence-corrected chi connectivity index (χ2v) is 8.70. The fourth-order valence-electron chi connectivity index (χ4n) is 3.47. The zero-order valence-electron chi connectivity index (χ0n) is 15.9. The number of sulfonamides is 1. The predicted octanol–water partition coefficient (Wildman–Crippen LogP) is 3.70. The number of carbonyl (C=O) groups excluding carboxylic acids is 1. The molecule has 144 valence electrons. The molecule has 0 N–H and O–H groups in total. The standard InChI is InChI=1S/C21H26N2O3S/c1-3-14-22(15-4-2)27(25,26)19-11-9-18(10-12-19)21(24)23-16-13-17-7-5-6-8-20(17)23/h5-12H,3-4,13-16H2,1-2H3. The molecule has 0 spiro atoms. The van der Waals surface area contributed by atoms with E-state index in [-0.39, 0.29) is 10.8 Å². The molecule has 2 aromatic carbocycles. The summed E-state index contributed by atoms with van der Waals surface area (Å²) in [5.74, 6) is -0.0946. The minimum Gasteiger partial charge on any atom is -0.308 e. The molecule has 0 aromatic heterocycles. The van der Waals surface area contributed by atoms with Gasteiger partial charge in [0.05, 0.1) is 4.90 Å². The van der Waals surface area contributed by atoms with E-state index in [1.807, 2.05) is 38.1 Å². The first-order valence-electron chi connectivity index (χ1n) is 9.49. The van der Waals surface area contributed by atoms with E-state index in [0.29, 0.717) is 25.2 Å². The second kappa shape index (κ2) is 8.23. The molecular weight excluding hydrogens is 360 g/mol. The number of carbonyl (C=O) groups is 1. The average molecular weight is 387 g/mol. The van der Waals surface area contributed by atoms with Gasteiger partial charge < -0.3 is 4.90 Å². The lowest BCUT2D eigenvalue weighted by Crippen LogP contribution is -2.32. The van der Waals surface area contributed by atoms with E-state index in [9.17, 15) is 13.2 Å². The number of benzene rings is 2. The topological polar surface area (TPSA) is 57.7 Å². The molecule has 3 rings (SSSR count). The number of hydrogen-bond donors (Lipinski definition) is 0. The van der Waals surface area contributed by atoms with Crippen LogP contribution in [0.5, 0.6) is 0 Å². The Morgan fingerprint density at radius 2 is 1.63 bits per heavy atom. The van der Waals surface area contributed by atoms with E-state index < -0.39 is 10.0 Å². The summed E-state index contributed by atoms with van der Waals surface area (Å²) >= 11 is 0. The summed E-state index contributed by atoms with van der Waals surface area (Å²) in [6.45, 7) is 5.59. The van der Waals surface area contributed by atoms with E-state index in [2.05, 4.69) is 0 Å². The number of rotatable bonds is 7. The smallest absolute Gasteiger partial charge is 0.258 e. The molecule has 0 saturated carbocycles. The van der Waals surface area contributed by atoms with Crippen molar-refractivity contribution in [2.45, 2.75) is 38.0 Å². The lowest BCUT2D eigenvalue weighted by atomic mass is 10.1. The van der Waals surface area contributed by atoms with Crippen molar-refractivity contribution in [2.75, 3.05) is 24.5 Å². The van der Waals surface area contributed by atoms with Gasteiger partial charge in [0.25, 0.3) is 5.91 Å². The highest BCUT2D eigenvalue weighted by Gasteiger charge is 2.26. The van der Waals surface area contributed by atoms with Crippen molar-refractivity contribution in [1.82, 2.24) is 4.31 Å². The van der Waals surface area contributed by atoms with Crippen molar-refractivity contribution in [3.63, 3.8) is 0 Å². The van der Waals surface area contributed by atoms with Crippen LogP contribution in [0.4, 0.5) is 5.69 Å². The summed E-state index contributed by atoms with van der Waals surface area (Å²) in [6.07, 6.45) is 2.38. The Morgan fingerprint density at radius 3 is 2.26 bits per heavy atom. The van der Waals surface area contributed by atoms with Crippen molar-refractivity contribution in [2.24, 2.45) is 0 Å². The van der Waals surface area contributed by atoms with Gasteiger partial charge in [0.15, 0.2) is 0 Å². The molecule has 0 bridgehead atoms. The molecule has 2 aromatic rings. The third-order valence-electron chi connectivity index (χ3n) is 4.82. The van der Waals surface area contributed by atoms with Crippen LogP contribution in [0.3, 0.4) is 0 Å². The number of amides is 1. The van der Waals surface area contributed by atoms with Gasteiger partial charge in [0.1, 0.15) is 0 Å². The summed E-state index contributed by atoms with van der Waals surface area (Å²) in [6, 6.07) is 14.2. The maximum absolute atomic E-state index is 12.9. The predicted molar refractivity (Wildman–Crippen MR) is 108 cm³/mol. The molecule has 6 heteroatoms. The first-order chi connectivity index (χ1) is 13.0. The van der Waals surface area contributed by atoms with Crippen LogP contribution in [-0.2, 0) is 16.4 Å². The Balaban J connectivity index is 1.82. The number of anilines is 1. The Bertz CT molecular complexity index is 901. The Morgan fingerprint density at radius 1 is 1.00 bits per heavy atom. The maximum atomic E-state index is 12.9. The lowest BCUT2D eigenvalue weighted by Gasteiger charge is -2.21. The number of fused-ring (bicyclic) bond motifs is 1. The van der Waals surface area contributed by atoms with E-state index >= 15 is 0 Å². The van der Waals surface area contributed by atoms with Gasteiger partial charge in [-0.15, -0.1) is 0 Å². The summed E-state index contributed by atoms with van der Waals surface area (Å²) in [7, 11) is -3.53. The van der Waals surface area contributed by atoms with Gasteiger partial charge >= 0.3 is 0 Å². The highest BCUT2D eigenvalue weighted by atomic mass is 32.2. The fraction of sp³-hybridized carbons (Fsp3) is 0.381. The molecule has 0 atom stereocenters. The molecule has 1 amide bonds. The fourth-order valence-corrected chi connectivity index (χ4v) is 5.10. The zero-order valence-corrected chi connectivity index (χ0v) is 16.7. The summed E-state index contributed by atoms with van der Waals surface area (Å²) in [5, 5.41) is 0. The largest absolute Gasteiger partial charge is 0.308 e. The molecule has 0 aliphatic carbocycles. The van der Waals surface area contributed by atoms with Crippen molar-refractivity contribution in [3.05, 3.63) is 59.7 Å². The van der Waals surface area contributed by atoms with Gasteiger partial charge in [-0.05, 0) is 55.2 Å². The molecule has 5 nitrogen and oxygen atoms in total. The highest BCUT2D eigenvalue weighted by Crippen LogP contribution is 2.29. The molecule has 0 unspecified atom stereocenters. The minimum absolute atomic E-state index is 0.0946. The van der Waals surface area contributed by atoms with Crippen LogP contribution in [0.15, 0.2) is 53.4 Å². The molecule has 27 heavy (non-hydrogen) atoms.